The minimum Gasteiger partial charge on any atom is -0.298 e. The van der Waals surface area contributed by atoms with E-state index in [4.69, 9.17) is 0 Å². The Balaban J connectivity index is 1.74. The summed E-state index contributed by atoms with van der Waals surface area (Å²) in [4.78, 5) is 20.8. The minimum atomic E-state index is -0.689. The third-order valence-electron chi connectivity index (χ3n) is 3.11. The molecule has 24 heavy (non-hydrogen) atoms. The monoisotopic (exact) mass is 363 g/mol. The largest absolute Gasteiger partial charge is 0.298 e. The van der Waals surface area contributed by atoms with Crippen molar-refractivity contribution in [2.24, 2.45) is 0 Å². The molecule has 3 rings (SSSR count). The average molecular weight is 363 g/mol. The van der Waals surface area contributed by atoms with Gasteiger partial charge in [-0.25, -0.2) is 13.8 Å². The number of carbonyl (C=O) groups excluding carboxylic acids is 1. The second-order valence-corrected chi connectivity index (χ2v) is 6.62. The van der Waals surface area contributed by atoms with Gasteiger partial charge in [-0.3, -0.25) is 15.1 Å². The van der Waals surface area contributed by atoms with Crippen molar-refractivity contribution in [3.63, 3.8) is 0 Å². The van der Waals surface area contributed by atoms with Gasteiger partial charge in [-0.2, -0.15) is 0 Å². The van der Waals surface area contributed by atoms with Crippen LogP contribution in [0.25, 0.3) is 17.3 Å². The van der Waals surface area contributed by atoms with Crippen molar-refractivity contribution < 1.29 is 13.6 Å². The molecule has 0 saturated heterocycles. The zero-order valence-electron chi connectivity index (χ0n) is 12.4. The van der Waals surface area contributed by atoms with Crippen molar-refractivity contribution in [3.8, 4) is 11.3 Å². The van der Waals surface area contributed by atoms with Gasteiger partial charge in [0.05, 0.1) is 11.2 Å². The first-order valence-corrected chi connectivity index (χ1v) is 8.58. The van der Waals surface area contributed by atoms with Crippen LogP contribution >= 0.6 is 22.7 Å². The molecule has 0 spiro atoms. The van der Waals surface area contributed by atoms with Gasteiger partial charge in [-0.1, -0.05) is 0 Å². The lowest BCUT2D eigenvalue weighted by molar-refractivity contribution is -0.111. The van der Waals surface area contributed by atoms with Crippen LogP contribution < -0.4 is 5.32 Å². The molecule has 0 aliphatic rings. The highest BCUT2D eigenvalue weighted by molar-refractivity contribution is 7.14. The number of thiazole rings is 2. The van der Waals surface area contributed by atoms with E-state index in [0.29, 0.717) is 16.4 Å². The van der Waals surface area contributed by atoms with Gasteiger partial charge in [0.25, 0.3) is 0 Å². The molecule has 0 aliphatic carbocycles. The molecule has 0 fully saturated rings. The number of anilines is 1. The molecule has 2 heterocycles. The molecule has 8 heteroatoms. The summed E-state index contributed by atoms with van der Waals surface area (Å²) in [7, 11) is 0. The highest BCUT2D eigenvalue weighted by atomic mass is 32.1. The lowest BCUT2D eigenvalue weighted by Crippen LogP contribution is -2.07. The molecule has 2 aromatic heterocycles. The van der Waals surface area contributed by atoms with Crippen LogP contribution in [0.2, 0.25) is 0 Å². The average Bonchev–Trinajstić information content (AvgIpc) is 3.20. The first-order valence-electron chi connectivity index (χ1n) is 6.82. The molecule has 0 saturated carbocycles. The van der Waals surface area contributed by atoms with Gasteiger partial charge < -0.3 is 0 Å². The fourth-order valence-corrected chi connectivity index (χ4v) is 3.15. The summed E-state index contributed by atoms with van der Waals surface area (Å²) in [6.45, 7) is 1.55. The van der Waals surface area contributed by atoms with Crippen molar-refractivity contribution >= 4 is 39.8 Å². The molecule has 1 N–H and O–H groups in total. The number of hydrogen-bond acceptors (Lipinski definition) is 5. The standard InChI is InChI=1S/C16H11F2N3OS2/c1-9-4-11(13(18)5-12(9)17)14-7-23-16(20-14)21-15(22)3-2-10-6-19-8-24-10/h2-8H,1H3,(H,20,21,22)/b3-2+. The van der Waals surface area contributed by atoms with Gasteiger partial charge in [0.15, 0.2) is 5.13 Å². The number of halogens is 2. The Morgan fingerprint density at radius 3 is 2.83 bits per heavy atom. The summed E-state index contributed by atoms with van der Waals surface area (Å²) < 4.78 is 27.2. The van der Waals surface area contributed by atoms with Crippen LogP contribution in [0.15, 0.2) is 35.3 Å². The van der Waals surface area contributed by atoms with Gasteiger partial charge in [0, 0.05) is 34.2 Å². The van der Waals surface area contributed by atoms with Crippen LogP contribution in [0.5, 0.6) is 0 Å². The van der Waals surface area contributed by atoms with Crippen LogP contribution in [-0.4, -0.2) is 15.9 Å². The van der Waals surface area contributed by atoms with Crippen LogP contribution in [0.3, 0.4) is 0 Å². The zero-order chi connectivity index (χ0) is 17.1. The minimum absolute atomic E-state index is 0.200. The van der Waals surface area contributed by atoms with Crippen LogP contribution in [0.1, 0.15) is 10.4 Å². The highest BCUT2D eigenvalue weighted by Gasteiger charge is 2.13. The van der Waals surface area contributed by atoms with E-state index in [9.17, 15) is 13.6 Å². The lowest BCUT2D eigenvalue weighted by atomic mass is 10.1. The fraction of sp³-hybridized carbons (Fsp3) is 0.0625. The molecule has 0 bridgehead atoms. The van der Waals surface area contributed by atoms with Gasteiger partial charge in [0.1, 0.15) is 11.6 Å². The molecule has 4 nitrogen and oxygen atoms in total. The second-order valence-electron chi connectivity index (χ2n) is 4.85. The van der Waals surface area contributed by atoms with E-state index in [0.717, 1.165) is 10.9 Å². The highest BCUT2D eigenvalue weighted by Crippen LogP contribution is 2.28. The normalized spacial score (nSPS) is 11.1. The molecule has 0 unspecified atom stereocenters. The Morgan fingerprint density at radius 2 is 2.08 bits per heavy atom. The molecule has 0 radical (unpaired) electrons. The van der Waals surface area contributed by atoms with E-state index in [2.05, 4.69) is 15.3 Å². The SMILES string of the molecule is Cc1cc(-c2csc(NC(=O)/C=C/c3cncs3)n2)c(F)cc1F. The van der Waals surface area contributed by atoms with E-state index < -0.39 is 11.6 Å². The second kappa shape index (κ2) is 6.98. The molecule has 0 aliphatic heterocycles. The molecule has 1 aromatic carbocycles. The Labute approximate surface area is 144 Å². The number of aromatic nitrogens is 2. The Kier molecular flexibility index (Phi) is 4.77. The van der Waals surface area contributed by atoms with Crippen molar-refractivity contribution in [2.45, 2.75) is 6.92 Å². The van der Waals surface area contributed by atoms with Crippen molar-refractivity contribution in [1.29, 1.82) is 0 Å². The van der Waals surface area contributed by atoms with Crippen LogP contribution in [-0.2, 0) is 4.79 Å². The molecule has 1 amide bonds. The number of aryl methyl sites for hydroxylation is 1. The molecular weight excluding hydrogens is 352 g/mol. The zero-order valence-corrected chi connectivity index (χ0v) is 14.0. The molecule has 122 valence electrons. The Bertz CT molecular complexity index is 904. The lowest BCUT2D eigenvalue weighted by Gasteiger charge is -2.02. The number of rotatable bonds is 4. The smallest absolute Gasteiger partial charge is 0.250 e. The maximum absolute atomic E-state index is 13.9. The summed E-state index contributed by atoms with van der Waals surface area (Å²) >= 11 is 2.58. The van der Waals surface area contributed by atoms with E-state index >= 15 is 0 Å². The van der Waals surface area contributed by atoms with Gasteiger partial charge >= 0.3 is 0 Å². The van der Waals surface area contributed by atoms with Crippen molar-refractivity contribution in [2.75, 3.05) is 5.32 Å². The summed E-state index contributed by atoms with van der Waals surface area (Å²) in [5, 5.41) is 4.56. The van der Waals surface area contributed by atoms with E-state index in [1.807, 2.05) is 0 Å². The van der Waals surface area contributed by atoms with Crippen molar-refractivity contribution in [1.82, 2.24) is 9.97 Å². The van der Waals surface area contributed by atoms with E-state index in [1.165, 1.54) is 34.8 Å². The number of amides is 1. The third-order valence-corrected chi connectivity index (χ3v) is 4.61. The number of nitrogens with one attached hydrogen (secondary N) is 1. The van der Waals surface area contributed by atoms with E-state index in [1.54, 1.807) is 30.1 Å². The Hall–Kier alpha value is -2.45. The van der Waals surface area contributed by atoms with Crippen LogP contribution in [0.4, 0.5) is 13.9 Å². The molecule has 0 atom stereocenters. The summed E-state index contributed by atoms with van der Waals surface area (Å²) in [6, 6.07) is 2.23. The van der Waals surface area contributed by atoms with Gasteiger partial charge in [0.2, 0.25) is 5.91 Å². The summed E-state index contributed by atoms with van der Waals surface area (Å²) in [5.74, 6) is -1.64. The van der Waals surface area contributed by atoms with Crippen molar-refractivity contribution in [3.05, 3.63) is 57.4 Å². The predicted molar refractivity (Wildman–Crippen MR) is 92.0 cm³/mol. The first-order chi connectivity index (χ1) is 11.5. The fourth-order valence-electron chi connectivity index (χ4n) is 1.92. The topological polar surface area (TPSA) is 54.9 Å². The Morgan fingerprint density at radius 1 is 1.25 bits per heavy atom. The van der Waals surface area contributed by atoms with Gasteiger partial charge in [-0.15, -0.1) is 22.7 Å². The quantitative estimate of drug-likeness (QED) is 0.694. The van der Waals surface area contributed by atoms with Crippen LogP contribution in [0, 0.1) is 18.6 Å². The third kappa shape index (κ3) is 3.72. The van der Waals surface area contributed by atoms with E-state index in [-0.39, 0.29) is 11.5 Å². The maximum atomic E-state index is 13.9. The number of nitrogens with zero attached hydrogens (tertiary/aromatic N) is 2. The summed E-state index contributed by atoms with van der Waals surface area (Å²) in [5.41, 5.74) is 2.55. The maximum Gasteiger partial charge on any atom is 0.250 e. The van der Waals surface area contributed by atoms with Gasteiger partial charge in [-0.05, 0) is 24.6 Å². The molecular formula is C16H11F2N3OS2. The molecule has 3 aromatic rings. The predicted octanol–water partition coefficient (Wildman–Crippen LogP) is 4.51. The number of hydrogen-bond donors (Lipinski definition) is 1. The number of benzene rings is 1. The first kappa shape index (κ1) is 16.4. The number of carbonyl (C=O) groups is 1. The summed E-state index contributed by atoms with van der Waals surface area (Å²) in [6.07, 6.45) is 4.66.